The molecule has 0 amide bonds. The van der Waals surface area contributed by atoms with Gasteiger partial charge in [-0.15, -0.1) is 0 Å². The third-order valence-corrected chi connectivity index (χ3v) is 5.63. The monoisotopic (exact) mass is 522 g/mol. The quantitative estimate of drug-likeness (QED) is 0.240. The fourth-order valence-corrected chi connectivity index (χ4v) is 3.96. The zero-order valence-electron chi connectivity index (χ0n) is 20.2. The molecular weight excluding hydrogens is 504 g/mol. The van der Waals surface area contributed by atoms with Crippen LogP contribution in [0.1, 0.15) is 16.7 Å². The summed E-state index contributed by atoms with van der Waals surface area (Å²) in [5.74, 6) is 0. The topological polar surface area (TPSA) is 154 Å². The highest BCUT2D eigenvalue weighted by molar-refractivity contribution is 5.43. The molecule has 4 rings (SSSR count). The normalized spacial score (nSPS) is 10.2. The van der Waals surface area contributed by atoms with Crippen LogP contribution in [-0.2, 0) is 34.0 Å². The van der Waals surface area contributed by atoms with Crippen molar-refractivity contribution in [3.63, 3.8) is 0 Å². The Balaban J connectivity index is 2.06. The van der Waals surface area contributed by atoms with Crippen LogP contribution in [0.4, 0.5) is 0 Å². The Kier molecular flexibility index (Phi) is 8.06. The number of hydrogen-bond donors (Lipinski definition) is 0. The first-order chi connectivity index (χ1) is 19.0. The summed E-state index contributed by atoms with van der Waals surface area (Å²) in [6.45, 7) is -0.0878. The lowest BCUT2D eigenvalue weighted by Gasteiger charge is -2.15. The molecule has 39 heavy (non-hydrogen) atoms. The Morgan fingerprint density at radius 2 is 0.769 bits per heavy atom. The number of aromatic nitrogens is 3. The van der Waals surface area contributed by atoms with Crippen LogP contribution in [0, 0.1) is 0 Å². The molecule has 0 unspecified atom stereocenters. The van der Waals surface area contributed by atoms with E-state index in [1.807, 2.05) is 0 Å². The van der Waals surface area contributed by atoms with E-state index in [4.69, 9.17) is 0 Å². The number of carbonyl (C=O) groups excluding carboxylic acids is 3. The maximum absolute atomic E-state index is 13.7. The van der Waals surface area contributed by atoms with E-state index in [9.17, 15) is 28.8 Å². The Morgan fingerprint density at radius 1 is 0.487 bits per heavy atom. The maximum atomic E-state index is 13.7. The summed E-state index contributed by atoms with van der Waals surface area (Å²) in [7, 11) is 0. The maximum Gasteiger partial charge on any atom is 0.345 e. The summed E-state index contributed by atoms with van der Waals surface area (Å²) in [5.41, 5.74) is -0.879. The fourth-order valence-electron chi connectivity index (χ4n) is 3.96. The van der Waals surface area contributed by atoms with Crippen LogP contribution in [0.25, 0.3) is 17.1 Å². The van der Waals surface area contributed by atoms with Crippen LogP contribution in [-0.4, -0.2) is 31.9 Å². The number of isocyanates is 3. The number of hydrogen-bond acceptors (Lipinski definition) is 9. The van der Waals surface area contributed by atoms with Crippen molar-refractivity contribution in [1.82, 2.24) is 13.7 Å². The predicted molar refractivity (Wildman–Crippen MR) is 139 cm³/mol. The lowest BCUT2D eigenvalue weighted by atomic mass is 10.2. The van der Waals surface area contributed by atoms with Crippen LogP contribution >= 0.6 is 0 Å². The largest absolute Gasteiger partial charge is 0.345 e. The van der Waals surface area contributed by atoms with E-state index >= 15 is 0 Å². The summed E-state index contributed by atoms with van der Waals surface area (Å²) in [4.78, 5) is 83.5. The minimum absolute atomic E-state index is 0.0293. The molecule has 3 aromatic carbocycles. The molecular formula is C27H18N6O6. The van der Waals surface area contributed by atoms with Crippen LogP contribution in [0.5, 0.6) is 0 Å². The van der Waals surface area contributed by atoms with Gasteiger partial charge in [0.1, 0.15) is 0 Å². The summed E-state index contributed by atoms with van der Waals surface area (Å²) in [6.07, 6.45) is 4.31. The molecule has 0 saturated carbocycles. The van der Waals surface area contributed by atoms with Gasteiger partial charge < -0.3 is 0 Å². The van der Waals surface area contributed by atoms with Gasteiger partial charge in [-0.3, -0.25) is 0 Å². The molecule has 0 atom stereocenters. The first-order valence-corrected chi connectivity index (χ1v) is 11.4. The third kappa shape index (κ3) is 5.64. The van der Waals surface area contributed by atoms with Gasteiger partial charge in [-0.25, -0.2) is 57.4 Å². The molecule has 0 bridgehead atoms. The van der Waals surface area contributed by atoms with Crippen molar-refractivity contribution in [2.75, 3.05) is 0 Å². The molecule has 192 valence electrons. The molecule has 0 aliphatic carbocycles. The van der Waals surface area contributed by atoms with E-state index in [-0.39, 0.29) is 36.7 Å². The van der Waals surface area contributed by atoms with Gasteiger partial charge in [0.05, 0.1) is 36.7 Å². The zero-order chi connectivity index (χ0) is 27.8. The molecule has 0 aliphatic heterocycles. The fraction of sp³-hybridized carbons (Fsp3) is 0.111. The molecule has 4 aromatic rings. The molecule has 1 heterocycles. The Morgan fingerprint density at radius 3 is 1.03 bits per heavy atom. The van der Waals surface area contributed by atoms with Crippen molar-refractivity contribution in [3.05, 3.63) is 121 Å². The first kappa shape index (κ1) is 26.3. The molecule has 0 radical (unpaired) electrons. The number of nitrogens with zero attached hydrogens (tertiary/aromatic N) is 6. The second-order valence-electron chi connectivity index (χ2n) is 8.09. The minimum Gasteiger partial charge on any atom is -0.246 e. The van der Waals surface area contributed by atoms with Crippen LogP contribution in [0.15, 0.2) is 102 Å². The number of benzene rings is 3. The van der Waals surface area contributed by atoms with Gasteiger partial charge in [0.2, 0.25) is 18.2 Å². The Labute approximate surface area is 219 Å². The molecule has 0 fully saturated rings. The summed E-state index contributed by atoms with van der Waals surface area (Å²) in [6, 6.07) is 18.7. The lowest BCUT2D eigenvalue weighted by molar-refractivity contribution is 0.562. The Bertz CT molecular complexity index is 1640. The van der Waals surface area contributed by atoms with E-state index in [2.05, 4.69) is 15.0 Å². The van der Waals surface area contributed by atoms with E-state index in [1.165, 1.54) is 54.6 Å². The van der Waals surface area contributed by atoms with Crippen molar-refractivity contribution >= 4 is 18.2 Å². The molecule has 1 aromatic heterocycles. The van der Waals surface area contributed by atoms with Gasteiger partial charge in [0, 0.05) is 0 Å². The molecule has 12 nitrogen and oxygen atoms in total. The van der Waals surface area contributed by atoms with E-state index in [1.54, 1.807) is 36.4 Å². The first-order valence-electron chi connectivity index (χ1n) is 11.4. The predicted octanol–water partition coefficient (Wildman–Crippen LogP) is 1.65. The van der Waals surface area contributed by atoms with Gasteiger partial charge in [-0.05, 0) is 53.1 Å². The van der Waals surface area contributed by atoms with Crippen molar-refractivity contribution in [2.45, 2.75) is 19.6 Å². The van der Waals surface area contributed by atoms with Crippen molar-refractivity contribution < 1.29 is 14.4 Å². The van der Waals surface area contributed by atoms with Gasteiger partial charge >= 0.3 is 17.1 Å². The molecule has 12 heteroatoms. The summed E-state index contributed by atoms with van der Waals surface area (Å²) < 4.78 is 2.46. The second-order valence-corrected chi connectivity index (χ2v) is 8.09. The average molecular weight is 522 g/mol. The number of aliphatic imine (C=N–C) groups is 3. The highest BCUT2D eigenvalue weighted by Gasteiger charge is 2.20. The van der Waals surface area contributed by atoms with Crippen molar-refractivity contribution in [2.24, 2.45) is 15.0 Å². The van der Waals surface area contributed by atoms with Crippen LogP contribution in [0.2, 0.25) is 0 Å². The van der Waals surface area contributed by atoms with E-state index in [0.29, 0.717) is 16.7 Å². The summed E-state index contributed by atoms with van der Waals surface area (Å²) >= 11 is 0. The van der Waals surface area contributed by atoms with E-state index in [0.717, 1.165) is 13.7 Å². The molecule has 0 spiro atoms. The van der Waals surface area contributed by atoms with E-state index < -0.39 is 17.1 Å². The van der Waals surface area contributed by atoms with Crippen molar-refractivity contribution in [3.8, 4) is 17.1 Å². The smallest absolute Gasteiger partial charge is 0.246 e. The van der Waals surface area contributed by atoms with Gasteiger partial charge in [0.25, 0.3) is 0 Å². The zero-order valence-corrected chi connectivity index (χ0v) is 20.2. The van der Waals surface area contributed by atoms with Gasteiger partial charge in [-0.2, -0.15) is 0 Å². The SMILES string of the molecule is O=C=NCc1cccc(-n2c(=O)n(-c3cccc(CN=C=O)c3)c(=O)n(-c3cccc(CN=C=O)c3)c2=O)c1. The van der Waals surface area contributed by atoms with Gasteiger partial charge in [0.15, 0.2) is 0 Å². The summed E-state index contributed by atoms with van der Waals surface area (Å²) in [5, 5.41) is 0. The van der Waals surface area contributed by atoms with Crippen molar-refractivity contribution in [1.29, 1.82) is 0 Å². The van der Waals surface area contributed by atoms with Crippen LogP contribution < -0.4 is 17.1 Å². The highest BCUT2D eigenvalue weighted by Crippen LogP contribution is 2.13. The standard InChI is InChI=1S/C27H18N6O6/c34-16-28-13-19-4-1-7-22(10-19)31-25(37)32(23-8-2-5-20(11-23)14-29-17-35)27(39)33(26(31)38)24-9-3-6-21(12-24)15-30-18-36/h1-12H,13-15H2. The number of rotatable bonds is 9. The molecule has 0 saturated heterocycles. The minimum atomic E-state index is -0.949. The third-order valence-electron chi connectivity index (χ3n) is 5.63. The highest BCUT2D eigenvalue weighted by atomic mass is 16.2. The lowest BCUT2D eigenvalue weighted by Crippen LogP contribution is -2.52. The van der Waals surface area contributed by atoms with Gasteiger partial charge in [-0.1, -0.05) is 36.4 Å². The Hall–Kier alpha value is -5.79. The average Bonchev–Trinajstić information content (AvgIpc) is 2.94. The second kappa shape index (κ2) is 12.0. The molecule has 0 N–H and O–H groups in total. The van der Waals surface area contributed by atoms with Crippen LogP contribution in [0.3, 0.4) is 0 Å². The molecule has 0 aliphatic rings.